The van der Waals surface area contributed by atoms with E-state index in [9.17, 15) is 27.2 Å². The average Bonchev–Trinajstić information content (AvgIpc) is 3.45. The van der Waals surface area contributed by atoms with Crippen molar-refractivity contribution in [1.82, 2.24) is 9.88 Å². The van der Waals surface area contributed by atoms with Gasteiger partial charge in [0.15, 0.2) is 11.0 Å². The molecule has 0 radical (unpaired) electrons. The standard InChI is InChI=1S/C22H18F4N4O2S/c23-13-2-4-14(5-3-13)27-19(32)29-20-28-15-6-1-12(11-16(15)33-20)17(22(24,25)26)18(31)30-10-9-21(30)7-8-21/h1-6,11,17H,7-10H2,(H2,27,28,29,32). The van der Waals surface area contributed by atoms with E-state index in [-0.39, 0.29) is 16.2 Å². The van der Waals surface area contributed by atoms with Gasteiger partial charge in [-0.2, -0.15) is 13.2 Å². The molecule has 2 fully saturated rings. The fourth-order valence-corrected chi connectivity index (χ4v) is 5.05. The predicted molar refractivity (Wildman–Crippen MR) is 116 cm³/mol. The van der Waals surface area contributed by atoms with Crippen LogP contribution in [-0.4, -0.2) is 40.1 Å². The highest BCUT2D eigenvalue weighted by atomic mass is 32.1. The van der Waals surface area contributed by atoms with Gasteiger partial charge in [0.1, 0.15) is 5.82 Å². The molecule has 6 nitrogen and oxygen atoms in total. The van der Waals surface area contributed by atoms with E-state index in [1.54, 1.807) is 0 Å². The number of amides is 3. The number of halogens is 4. The summed E-state index contributed by atoms with van der Waals surface area (Å²) in [6, 6.07) is 8.52. The fourth-order valence-electron chi connectivity index (χ4n) is 4.14. The van der Waals surface area contributed by atoms with E-state index in [2.05, 4.69) is 15.6 Å². The number of alkyl halides is 3. The summed E-state index contributed by atoms with van der Waals surface area (Å²) in [5, 5.41) is 5.21. The maximum Gasteiger partial charge on any atom is 0.404 e. The summed E-state index contributed by atoms with van der Waals surface area (Å²) in [4.78, 5) is 30.6. The van der Waals surface area contributed by atoms with Crippen LogP contribution in [0.4, 0.5) is 33.2 Å². The van der Waals surface area contributed by atoms with Crippen LogP contribution in [-0.2, 0) is 4.79 Å². The maximum atomic E-state index is 13.9. The van der Waals surface area contributed by atoms with Crippen LogP contribution in [0, 0.1) is 5.82 Å². The van der Waals surface area contributed by atoms with Crippen molar-refractivity contribution in [3.8, 4) is 0 Å². The molecule has 2 aromatic carbocycles. The van der Waals surface area contributed by atoms with E-state index in [1.165, 1.54) is 47.4 Å². The van der Waals surface area contributed by atoms with Crippen molar-refractivity contribution in [1.29, 1.82) is 0 Å². The van der Waals surface area contributed by atoms with Crippen molar-refractivity contribution in [3.05, 3.63) is 53.8 Å². The van der Waals surface area contributed by atoms with Crippen LogP contribution in [0.3, 0.4) is 0 Å². The lowest BCUT2D eigenvalue weighted by molar-refractivity contribution is -0.178. The number of carbonyl (C=O) groups is 2. The Bertz CT molecular complexity index is 1240. The van der Waals surface area contributed by atoms with E-state index in [0.29, 0.717) is 22.4 Å². The average molecular weight is 478 g/mol. The molecule has 1 aliphatic carbocycles. The summed E-state index contributed by atoms with van der Waals surface area (Å²) in [5.41, 5.74) is 0.262. The normalized spacial score (nSPS) is 17.5. The van der Waals surface area contributed by atoms with Crippen LogP contribution < -0.4 is 10.6 Å². The Morgan fingerprint density at radius 2 is 1.79 bits per heavy atom. The number of rotatable bonds is 4. The van der Waals surface area contributed by atoms with Gasteiger partial charge in [-0.3, -0.25) is 10.1 Å². The van der Waals surface area contributed by atoms with Crippen LogP contribution in [0.5, 0.6) is 0 Å². The summed E-state index contributed by atoms with van der Waals surface area (Å²) in [6.07, 6.45) is -2.46. The zero-order chi connectivity index (χ0) is 23.4. The molecule has 172 valence electrons. The van der Waals surface area contributed by atoms with Crippen molar-refractivity contribution >= 4 is 44.3 Å². The molecule has 2 aliphatic rings. The van der Waals surface area contributed by atoms with E-state index in [1.807, 2.05) is 0 Å². The topological polar surface area (TPSA) is 74.3 Å². The van der Waals surface area contributed by atoms with Gasteiger partial charge < -0.3 is 10.2 Å². The monoisotopic (exact) mass is 478 g/mol. The molecular weight excluding hydrogens is 460 g/mol. The first-order valence-electron chi connectivity index (χ1n) is 10.3. The third-order valence-electron chi connectivity index (χ3n) is 6.11. The van der Waals surface area contributed by atoms with Crippen LogP contribution in [0.1, 0.15) is 30.7 Å². The highest BCUT2D eigenvalue weighted by molar-refractivity contribution is 7.22. The number of anilines is 2. The summed E-state index contributed by atoms with van der Waals surface area (Å²) in [6.45, 7) is 0.353. The van der Waals surface area contributed by atoms with E-state index in [0.717, 1.165) is 30.6 Å². The number of nitrogens with one attached hydrogen (secondary N) is 2. The maximum absolute atomic E-state index is 13.9. The smallest absolute Gasteiger partial charge is 0.336 e. The Morgan fingerprint density at radius 3 is 2.39 bits per heavy atom. The number of hydrogen-bond donors (Lipinski definition) is 2. The van der Waals surface area contributed by atoms with Crippen molar-refractivity contribution < 1.29 is 27.2 Å². The molecule has 2 N–H and O–H groups in total. The zero-order valence-electron chi connectivity index (χ0n) is 17.1. The van der Waals surface area contributed by atoms with Crippen molar-refractivity contribution in [3.63, 3.8) is 0 Å². The molecule has 2 heterocycles. The lowest BCUT2D eigenvalue weighted by atomic mass is 9.91. The van der Waals surface area contributed by atoms with Crippen molar-refractivity contribution in [2.75, 3.05) is 17.2 Å². The molecular formula is C22H18F4N4O2S. The predicted octanol–water partition coefficient (Wildman–Crippen LogP) is 5.49. The molecule has 1 aliphatic heterocycles. The Morgan fingerprint density at radius 1 is 1.06 bits per heavy atom. The van der Waals surface area contributed by atoms with Crippen LogP contribution in [0.25, 0.3) is 10.2 Å². The number of benzene rings is 2. The number of fused-ring (bicyclic) bond motifs is 1. The largest absolute Gasteiger partial charge is 0.404 e. The second kappa shape index (κ2) is 7.68. The van der Waals surface area contributed by atoms with Crippen molar-refractivity contribution in [2.45, 2.75) is 36.9 Å². The highest BCUT2D eigenvalue weighted by Crippen LogP contribution is 2.53. The van der Waals surface area contributed by atoms with E-state index < -0.39 is 29.8 Å². The Labute approximate surface area is 189 Å². The van der Waals surface area contributed by atoms with Gasteiger partial charge in [-0.25, -0.2) is 14.2 Å². The first-order valence-corrected chi connectivity index (χ1v) is 11.1. The number of carbonyl (C=O) groups excluding carboxylic acids is 2. The first-order chi connectivity index (χ1) is 15.6. The number of urea groups is 1. The molecule has 33 heavy (non-hydrogen) atoms. The molecule has 5 rings (SSSR count). The minimum atomic E-state index is -4.72. The number of nitrogens with zero attached hydrogens (tertiary/aromatic N) is 2. The summed E-state index contributed by atoms with van der Waals surface area (Å²) >= 11 is 0.997. The Balaban J connectivity index is 1.35. The molecule has 1 saturated carbocycles. The molecule has 1 unspecified atom stereocenters. The van der Waals surface area contributed by atoms with E-state index in [4.69, 9.17) is 0 Å². The number of hydrogen-bond acceptors (Lipinski definition) is 4. The first kappa shape index (κ1) is 21.6. The Hall–Kier alpha value is -3.21. The minimum absolute atomic E-state index is 0.145. The lowest BCUT2D eigenvalue weighted by Gasteiger charge is -2.44. The molecule has 1 aromatic heterocycles. The third kappa shape index (κ3) is 4.12. The third-order valence-corrected chi connectivity index (χ3v) is 7.04. The summed E-state index contributed by atoms with van der Waals surface area (Å²) < 4.78 is 55.1. The van der Waals surface area contributed by atoms with E-state index >= 15 is 0 Å². The molecule has 11 heteroatoms. The quantitative estimate of drug-likeness (QED) is 0.487. The van der Waals surface area contributed by atoms with Gasteiger partial charge in [0.25, 0.3) is 0 Å². The molecule has 1 saturated heterocycles. The number of aromatic nitrogens is 1. The number of thiazole rings is 1. The molecule has 0 bridgehead atoms. The van der Waals surface area contributed by atoms with Crippen LogP contribution >= 0.6 is 11.3 Å². The van der Waals surface area contributed by atoms with Crippen LogP contribution in [0.15, 0.2) is 42.5 Å². The lowest BCUT2D eigenvalue weighted by Crippen LogP contribution is -2.56. The minimum Gasteiger partial charge on any atom is -0.336 e. The molecule has 1 spiro atoms. The number of likely N-dealkylation sites (tertiary alicyclic amines) is 1. The van der Waals surface area contributed by atoms with Gasteiger partial charge in [0, 0.05) is 17.8 Å². The molecule has 3 aromatic rings. The fraction of sp³-hybridized carbons (Fsp3) is 0.318. The van der Waals surface area contributed by atoms with Gasteiger partial charge in [-0.15, -0.1) is 0 Å². The van der Waals surface area contributed by atoms with Crippen LogP contribution in [0.2, 0.25) is 0 Å². The second-order valence-corrected chi connectivity index (χ2v) is 9.30. The van der Waals surface area contributed by atoms with Gasteiger partial charge in [0.2, 0.25) is 5.91 Å². The van der Waals surface area contributed by atoms with Gasteiger partial charge in [-0.05, 0) is 61.2 Å². The zero-order valence-corrected chi connectivity index (χ0v) is 17.9. The van der Waals surface area contributed by atoms with Gasteiger partial charge >= 0.3 is 12.2 Å². The SMILES string of the molecule is O=C(Nc1ccc(F)cc1)Nc1nc2ccc(C(C(=O)N3CCC34CC4)C(F)(F)F)cc2s1. The Kier molecular flexibility index (Phi) is 5.04. The molecule has 1 atom stereocenters. The van der Waals surface area contributed by atoms with Gasteiger partial charge in [-0.1, -0.05) is 17.4 Å². The summed E-state index contributed by atoms with van der Waals surface area (Å²) in [7, 11) is 0. The van der Waals surface area contributed by atoms with Gasteiger partial charge in [0.05, 0.1) is 10.2 Å². The van der Waals surface area contributed by atoms with Crippen molar-refractivity contribution in [2.24, 2.45) is 0 Å². The highest BCUT2D eigenvalue weighted by Gasteiger charge is 2.60. The second-order valence-electron chi connectivity index (χ2n) is 8.27. The molecule has 3 amide bonds. The summed E-state index contributed by atoms with van der Waals surface area (Å²) in [5.74, 6) is -3.59.